The highest BCUT2D eigenvalue weighted by molar-refractivity contribution is 7.84. The number of aliphatic hydroxyl groups excluding tert-OH is 1. The Morgan fingerprint density at radius 1 is 1.73 bits per heavy atom. The Kier molecular flexibility index (Phi) is 3.76. The molecule has 0 radical (unpaired) electrons. The second kappa shape index (κ2) is 4.67. The zero-order valence-corrected chi connectivity index (χ0v) is 9.07. The van der Waals surface area contributed by atoms with Crippen molar-refractivity contribution in [3.8, 4) is 0 Å². The van der Waals surface area contributed by atoms with Gasteiger partial charge in [-0.2, -0.15) is 0 Å². The normalized spacial score (nSPS) is 24.6. The molecule has 0 aromatic rings. The Morgan fingerprint density at radius 2 is 2.33 bits per heavy atom. The third kappa shape index (κ3) is 2.51. The van der Waals surface area contributed by atoms with Gasteiger partial charge in [-0.05, 0) is 6.92 Å². The Morgan fingerprint density at radius 3 is 2.67 bits per heavy atom. The standard InChI is InChI=1S/C9H13NO4S/c1-4(12)5(3-11)6-2-7(15)8(10-6)9(13)14/h3-6,10,12,15H,2H2,1H3,(H,13,14)/t4-,5-,6-/m1/s1. The van der Waals surface area contributed by atoms with E-state index in [1.165, 1.54) is 6.92 Å². The first-order valence-electron chi connectivity index (χ1n) is 4.52. The number of aliphatic carboxylic acids is 1. The van der Waals surface area contributed by atoms with Crippen LogP contribution >= 0.6 is 12.6 Å². The lowest BCUT2D eigenvalue weighted by Crippen LogP contribution is -2.39. The number of carboxylic acid groups (broad SMARTS) is 1. The van der Waals surface area contributed by atoms with Crippen molar-refractivity contribution in [1.29, 1.82) is 0 Å². The van der Waals surface area contributed by atoms with Crippen molar-refractivity contribution in [3.63, 3.8) is 0 Å². The highest BCUT2D eigenvalue weighted by Gasteiger charge is 2.33. The fourth-order valence-electron chi connectivity index (χ4n) is 1.59. The van der Waals surface area contributed by atoms with E-state index >= 15 is 0 Å². The van der Waals surface area contributed by atoms with Crippen LogP contribution < -0.4 is 5.32 Å². The summed E-state index contributed by atoms with van der Waals surface area (Å²) in [5.41, 5.74) is 0.0100. The van der Waals surface area contributed by atoms with Crippen LogP contribution in [-0.2, 0) is 9.59 Å². The summed E-state index contributed by atoms with van der Waals surface area (Å²) in [6.45, 7) is 1.50. The van der Waals surface area contributed by atoms with Crippen LogP contribution in [0.1, 0.15) is 13.3 Å². The molecule has 3 N–H and O–H groups in total. The molecule has 0 aromatic heterocycles. The van der Waals surface area contributed by atoms with E-state index in [9.17, 15) is 14.7 Å². The minimum atomic E-state index is -1.10. The van der Waals surface area contributed by atoms with Crippen LogP contribution in [-0.4, -0.2) is 34.6 Å². The van der Waals surface area contributed by atoms with Gasteiger partial charge < -0.3 is 20.3 Å². The average Bonchev–Trinajstić information content (AvgIpc) is 2.48. The van der Waals surface area contributed by atoms with Gasteiger partial charge in [0, 0.05) is 17.4 Å². The highest BCUT2D eigenvalue weighted by atomic mass is 32.1. The first kappa shape index (κ1) is 12.1. The van der Waals surface area contributed by atoms with Gasteiger partial charge in [0.05, 0.1) is 12.0 Å². The van der Waals surface area contributed by atoms with Crippen molar-refractivity contribution in [2.24, 2.45) is 5.92 Å². The van der Waals surface area contributed by atoms with Crippen molar-refractivity contribution < 1.29 is 19.8 Å². The summed E-state index contributed by atoms with van der Waals surface area (Å²) in [5.74, 6) is -1.72. The summed E-state index contributed by atoms with van der Waals surface area (Å²) in [6.07, 6.45) is 0.169. The summed E-state index contributed by atoms with van der Waals surface area (Å²) in [4.78, 5) is 21.8. The number of carboxylic acids is 1. The zero-order valence-electron chi connectivity index (χ0n) is 8.17. The Hall–Kier alpha value is -1.01. The number of nitrogens with one attached hydrogen (secondary N) is 1. The van der Waals surface area contributed by atoms with Gasteiger partial charge >= 0.3 is 5.97 Å². The fraction of sp³-hybridized carbons (Fsp3) is 0.556. The van der Waals surface area contributed by atoms with Gasteiger partial charge in [0.25, 0.3) is 0 Å². The fourth-order valence-corrected chi connectivity index (χ4v) is 1.95. The maximum absolute atomic E-state index is 10.7. The van der Waals surface area contributed by atoms with Crippen LogP contribution in [0, 0.1) is 5.92 Å². The molecule has 1 aliphatic heterocycles. The molecule has 0 fully saturated rings. The number of rotatable bonds is 4. The second-order valence-corrected chi connectivity index (χ2v) is 4.08. The second-order valence-electron chi connectivity index (χ2n) is 3.54. The zero-order chi connectivity index (χ0) is 11.6. The molecule has 1 rings (SSSR count). The SMILES string of the molecule is C[C@@H](O)[C@@H](C=O)[C@H]1CC(S)=C(C(=O)O)N1. The average molecular weight is 231 g/mol. The molecule has 0 unspecified atom stereocenters. The first-order chi connectivity index (χ1) is 6.97. The Labute approximate surface area is 92.6 Å². The van der Waals surface area contributed by atoms with Crippen LogP contribution in [0.25, 0.3) is 0 Å². The minimum Gasteiger partial charge on any atom is -0.477 e. The molecule has 3 atom stereocenters. The van der Waals surface area contributed by atoms with Crippen LogP contribution in [0.15, 0.2) is 10.6 Å². The molecule has 0 amide bonds. The minimum absolute atomic E-state index is 0.0100. The predicted molar refractivity (Wildman–Crippen MR) is 56.4 cm³/mol. The number of aldehydes is 1. The van der Waals surface area contributed by atoms with Gasteiger partial charge in [0.1, 0.15) is 12.0 Å². The quantitative estimate of drug-likeness (QED) is 0.396. The van der Waals surface area contributed by atoms with Crippen molar-refractivity contribution in [1.82, 2.24) is 5.32 Å². The molecule has 84 valence electrons. The number of carbonyl (C=O) groups excluding carboxylic acids is 1. The molecule has 15 heavy (non-hydrogen) atoms. The number of aliphatic hydroxyl groups is 1. The summed E-state index contributed by atoms with van der Waals surface area (Å²) >= 11 is 4.03. The van der Waals surface area contributed by atoms with Crippen molar-refractivity contribution in [2.75, 3.05) is 0 Å². The van der Waals surface area contributed by atoms with E-state index in [1.807, 2.05) is 0 Å². The van der Waals surface area contributed by atoms with Crippen molar-refractivity contribution >= 4 is 24.9 Å². The van der Waals surface area contributed by atoms with Gasteiger partial charge in [0.15, 0.2) is 0 Å². The third-order valence-corrected chi connectivity index (χ3v) is 2.83. The molecule has 6 heteroatoms. The monoisotopic (exact) mass is 231 g/mol. The van der Waals surface area contributed by atoms with Crippen molar-refractivity contribution in [2.45, 2.75) is 25.5 Å². The molecular weight excluding hydrogens is 218 g/mol. The van der Waals surface area contributed by atoms with Gasteiger partial charge in [-0.3, -0.25) is 0 Å². The number of carbonyl (C=O) groups is 2. The number of hydrogen-bond acceptors (Lipinski definition) is 5. The first-order valence-corrected chi connectivity index (χ1v) is 4.97. The molecule has 0 aliphatic carbocycles. The van der Waals surface area contributed by atoms with E-state index in [0.717, 1.165) is 0 Å². The lowest BCUT2D eigenvalue weighted by molar-refractivity contribution is -0.133. The largest absolute Gasteiger partial charge is 0.477 e. The molecule has 0 bridgehead atoms. The van der Waals surface area contributed by atoms with E-state index in [0.29, 0.717) is 17.6 Å². The molecular formula is C9H13NO4S. The smallest absolute Gasteiger partial charge is 0.352 e. The van der Waals surface area contributed by atoms with Crippen LogP contribution in [0.4, 0.5) is 0 Å². The van der Waals surface area contributed by atoms with Gasteiger partial charge in [-0.1, -0.05) is 0 Å². The van der Waals surface area contributed by atoms with E-state index in [1.54, 1.807) is 0 Å². The molecule has 1 heterocycles. The summed E-state index contributed by atoms with van der Waals surface area (Å²) in [5, 5.41) is 20.8. The predicted octanol–water partition coefficient (Wildman–Crippen LogP) is -0.230. The van der Waals surface area contributed by atoms with Crippen LogP contribution in [0.5, 0.6) is 0 Å². The lowest BCUT2D eigenvalue weighted by atomic mass is 9.95. The number of thiol groups is 1. The molecule has 0 spiro atoms. The van der Waals surface area contributed by atoms with Gasteiger partial charge in [0.2, 0.25) is 0 Å². The van der Waals surface area contributed by atoms with Crippen LogP contribution in [0.3, 0.4) is 0 Å². The number of hydrogen-bond donors (Lipinski definition) is 4. The van der Waals surface area contributed by atoms with Gasteiger partial charge in [-0.25, -0.2) is 4.79 Å². The van der Waals surface area contributed by atoms with E-state index in [-0.39, 0.29) is 11.7 Å². The van der Waals surface area contributed by atoms with Crippen molar-refractivity contribution in [3.05, 3.63) is 10.6 Å². The Bertz CT molecular complexity index is 313. The van der Waals surface area contributed by atoms with Crippen LogP contribution in [0.2, 0.25) is 0 Å². The maximum Gasteiger partial charge on any atom is 0.352 e. The third-order valence-electron chi connectivity index (χ3n) is 2.42. The molecule has 1 aliphatic rings. The molecule has 0 saturated heterocycles. The lowest BCUT2D eigenvalue weighted by Gasteiger charge is -2.21. The molecule has 0 aromatic carbocycles. The maximum atomic E-state index is 10.7. The van der Waals surface area contributed by atoms with Gasteiger partial charge in [-0.15, -0.1) is 12.6 Å². The van der Waals surface area contributed by atoms with E-state index in [2.05, 4.69) is 17.9 Å². The molecule has 0 saturated carbocycles. The summed E-state index contributed by atoms with van der Waals surface area (Å²) in [6, 6.07) is -0.388. The van der Waals surface area contributed by atoms with E-state index in [4.69, 9.17) is 5.11 Å². The Balaban J connectivity index is 2.74. The highest BCUT2D eigenvalue weighted by Crippen LogP contribution is 2.26. The summed E-state index contributed by atoms with van der Waals surface area (Å²) < 4.78 is 0. The molecule has 5 nitrogen and oxygen atoms in total. The summed E-state index contributed by atoms with van der Waals surface area (Å²) in [7, 11) is 0. The van der Waals surface area contributed by atoms with E-state index < -0.39 is 18.0 Å². The topological polar surface area (TPSA) is 86.6 Å².